The average Bonchev–Trinajstić information content (AvgIpc) is 3.08. The molecule has 2 aliphatic heterocycles. The van der Waals surface area contributed by atoms with Crippen molar-refractivity contribution < 1.29 is 27.1 Å². The van der Waals surface area contributed by atoms with Gasteiger partial charge in [-0.3, -0.25) is 9.69 Å². The normalized spacial score (nSPS) is 18.2. The molecule has 34 heavy (non-hydrogen) atoms. The molecule has 1 unspecified atom stereocenters. The Morgan fingerprint density at radius 2 is 1.76 bits per heavy atom. The number of piperazine rings is 1. The number of hydrogen-bond donors (Lipinski definition) is 0. The summed E-state index contributed by atoms with van der Waals surface area (Å²) >= 11 is 0. The Hall–Kier alpha value is -2.69. The second-order valence-electron chi connectivity index (χ2n) is 8.60. The lowest BCUT2D eigenvalue weighted by molar-refractivity contribution is -0.136. The largest absolute Gasteiger partial charge is 0.490 e. The quantitative estimate of drug-likeness (QED) is 0.617. The molecule has 10 heteroatoms. The van der Waals surface area contributed by atoms with Crippen molar-refractivity contribution in [1.82, 2.24) is 14.1 Å². The van der Waals surface area contributed by atoms with Crippen LogP contribution in [0.15, 0.2) is 47.4 Å². The molecule has 1 saturated heterocycles. The van der Waals surface area contributed by atoms with Gasteiger partial charge in [0.05, 0.1) is 24.2 Å². The lowest BCUT2D eigenvalue weighted by atomic mass is 10.1. The molecular formula is C24H30FN3O5S. The van der Waals surface area contributed by atoms with E-state index < -0.39 is 16.1 Å². The van der Waals surface area contributed by atoms with Gasteiger partial charge in [-0.15, -0.1) is 0 Å². The third-order valence-electron chi connectivity index (χ3n) is 6.22. The van der Waals surface area contributed by atoms with Gasteiger partial charge in [-0.25, -0.2) is 12.8 Å². The van der Waals surface area contributed by atoms with E-state index in [4.69, 9.17) is 9.47 Å². The van der Waals surface area contributed by atoms with Crippen LogP contribution in [0.5, 0.6) is 11.5 Å². The first kappa shape index (κ1) is 24.4. The molecule has 0 aromatic heterocycles. The molecule has 184 valence electrons. The van der Waals surface area contributed by atoms with Crippen molar-refractivity contribution in [2.75, 3.05) is 46.4 Å². The van der Waals surface area contributed by atoms with Crippen LogP contribution in [0.1, 0.15) is 18.9 Å². The van der Waals surface area contributed by atoms with Crippen LogP contribution in [-0.4, -0.2) is 80.9 Å². The molecule has 1 fully saturated rings. The number of carbonyl (C=O) groups excluding carboxylic acids is 1. The molecule has 2 aliphatic rings. The fraction of sp³-hybridized carbons (Fsp3) is 0.458. The summed E-state index contributed by atoms with van der Waals surface area (Å²) in [5.74, 6) is 0.564. The van der Waals surface area contributed by atoms with Gasteiger partial charge in [0.15, 0.2) is 11.5 Å². The average molecular weight is 492 g/mol. The molecule has 1 amide bonds. The molecule has 2 heterocycles. The Morgan fingerprint density at radius 1 is 1.06 bits per heavy atom. The first-order valence-corrected chi connectivity index (χ1v) is 12.8. The zero-order chi connectivity index (χ0) is 24.3. The molecule has 1 atom stereocenters. The number of carbonyl (C=O) groups is 1. The monoisotopic (exact) mass is 491 g/mol. The highest BCUT2D eigenvalue weighted by atomic mass is 32.2. The van der Waals surface area contributed by atoms with E-state index in [2.05, 4.69) is 0 Å². The predicted molar refractivity (Wildman–Crippen MR) is 125 cm³/mol. The lowest BCUT2D eigenvalue weighted by Crippen LogP contribution is -2.54. The minimum Gasteiger partial charge on any atom is -0.490 e. The molecular weight excluding hydrogens is 461 g/mol. The van der Waals surface area contributed by atoms with E-state index >= 15 is 0 Å². The summed E-state index contributed by atoms with van der Waals surface area (Å²) in [4.78, 5) is 16.6. The zero-order valence-electron chi connectivity index (χ0n) is 19.4. The number of amides is 1. The Kier molecular flexibility index (Phi) is 7.39. The molecule has 4 rings (SSSR count). The summed E-state index contributed by atoms with van der Waals surface area (Å²) in [6.07, 6.45) is 0.743. The number of rotatable bonds is 6. The Balaban J connectivity index is 1.36. The van der Waals surface area contributed by atoms with Crippen LogP contribution < -0.4 is 9.47 Å². The van der Waals surface area contributed by atoms with Crippen molar-refractivity contribution in [3.05, 3.63) is 53.8 Å². The number of hydrogen-bond acceptors (Lipinski definition) is 6. The summed E-state index contributed by atoms with van der Waals surface area (Å²) < 4.78 is 52.5. The van der Waals surface area contributed by atoms with Crippen LogP contribution in [-0.2, 0) is 21.4 Å². The zero-order valence-corrected chi connectivity index (χ0v) is 20.3. The van der Waals surface area contributed by atoms with Crippen molar-refractivity contribution in [1.29, 1.82) is 0 Å². The van der Waals surface area contributed by atoms with E-state index in [1.807, 2.05) is 11.8 Å². The van der Waals surface area contributed by atoms with Gasteiger partial charge in [0.25, 0.3) is 0 Å². The standard InChI is InChI=1S/C24H30FN3O5S/c1-18(24(29)26(2)17-19-5-3-6-20(25)15-19)27-9-11-28(12-10-27)34(30,31)21-7-8-22-23(16-21)33-14-4-13-32-22/h3,5-8,15-16,18H,4,9-14,17H2,1-2H3. The van der Waals surface area contributed by atoms with Crippen LogP contribution in [0.3, 0.4) is 0 Å². The highest BCUT2D eigenvalue weighted by Gasteiger charge is 2.33. The van der Waals surface area contributed by atoms with E-state index in [1.54, 1.807) is 36.2 Å². The molecule has 0 bridgehead atoms. The number of fused-ring (bicyclic) bond motifs is 1. The van der Waals surface area contributed by atoms with Gasteiger partial charge in [-0.05, 0) is 36.8 Å². The van der Waals surface area contributed by atoms with Crippen molar-refractivity contribution in [2.24, 2.45) is 0 Å². The van der Waals surface area contributed by atoms with E-state index in [-0.39, 0.29) is 29.7 Å². The number of halogens is 1. The molecule has 8 nitrogen and oxygen atoms in total. The Bertz CT molecular complexity index is 1140. The van der Waals surface area contributed by atoms with E-state index in [9.17, 15) is 17.6 Å². The summed E-state index contributed by atoms with van der Waals surface area (Å²) in [7, 11) is -2.01. The Labute approximate surface area is 199 Å². The molecule has 0 spiro atoms. The maximum absolute atomic E-state index is 13.4. The molecule has 2 aromatic rings. The number of ether oxygens (including phenoxy) is 2. The van der Waals surface area contributed by atoms with E-state index in [0.717, 1.165) is 6.42 Å². The third-order valence-corrected chi connectivity index (χ3v) is 8.11. The van der Waals surface area contributed by atoms with Gasteiger partial charge < -0.3 is 14.4 Å². The van der Waals surface area contributed by atoms with Crippen molar-refractivity contribution >= 4 is 15.9 Å². The number of nitrogens with zero attached hydrogens (tertiary/aromatic N) is 3. The lowest BCUT2D eigenvalue weighted by Gasteiger charge is -2.38. The van der Waals surface area contributed by atoms with Crippen LogP contribution in [0.4, 0.5) is 4.39 Å². The van der Waals surface area contributed by atoms with Gasteiger partial charge in [0.1, 0.15) is 5.82 Å². The maximum Gasteiger partial charge on any atom is 0.243 e. The van der Waals surface area contributed by atoms with Crippen molar-refractivity contribution in [3.63, 3.8) is 0 Å². The first-order chi connectivity index (χ1) is 16.3. The Morgan fingerprint density at radius 3 is 2.47 bits per heavy atom. The van der Waals surface area contributed by atoms with Gasteiger partial charge in [0.2, 0.25) is 15.9 Å². The summed E-state index contributed by atoms with van der Waals surface area (Å²) in [5.41, 5.74) is 0.717. The molecule has 0 N–H and O–H groups in total. The van der Waals surface area contributed by atoms with Crippen LogP contribution >= 0.6 is 0 Å². The predicted octanol–water partition coefficient (Wildman–Crippen LogP) is 2.34. The smallest absolute Gasteiger partial charge is 0.243 e. The van der Waals surface area contributed by atoms with Crippen LogP contribution in [0.25, 0.3) is 0 Å². The highest BCUT2D eigenvalue weighted by molar-refractivity contribution is 7.89. The van der Waals surface area contributed by atoms with E-state index in [1.165, 1.54) is 22.5 Å². The van der Waals surface area contributed by atoms with Crippen molar-refractivity contribution in [3.8, 4) is 11.5 Å². The SMILES string of the molecule is CC(C(=O)N(C)Cc1cccc(F)c1)N1CCN(S(=O)(=O)c2ccc3c(c2)OCCCO3)CC1. The minimum atomic E-state index is -3.70. The molecule has 0 saturated carbocycles. The van der Waals surface area contributed by atoms with Gasteiger partial charge in [0, 0.05) is 52.3 Å². The number of benzene rings is 2. The van der Waals surface area contributed by atoms with Gasteiger partial charge in [-0.1, -0.05) is 12.1 Å². The third kappa shape index (κ3) is 5.34. The topological polar surface area (TPSA) is 79.4 Å². The van der Waals surface area contributed by atoms with Gasteiger partial charge in [-0.2, -0.15) is 4.31 Å². The highest BCUT2D eigenvalue weighted by Crippen LogP contribution is 2.33. The van der Waals surface area contributed by atoms with Crippen LogP contribution in [0, 0.1) is 5.82 Å². The summed E-state index contributed by atoms with van der Waals surface area (Å²) in [5, 5.41) is 0. The molecule has 0 radical (unpaired) electrons. The molecule has 0 aliphatic carbocycles. The fourth-order valence-electron chi connectivity index (χ4n) is 4.25. The molecule has 2 aromatic carbocycles. The second-order valence-corrected chi connectivity index (χ2v) is 10.5. The van der Waals surface area contributed by atoms with Gasteiger partial charge >= 0.3 is 0 Å². The first-order valence-electron chi connectivity index (χ1n) is 11.4. The summed E-state index contributed by atoms with van der Waals surface area (Å²) in [6.45, 7) is 4.57. The van der Waals surface area contributed by atoms with Crippen LogP contribution in [0.2, 0.25) is 0 Å². The number of likely N-dealkylation sites (N-methyl/N-ethyl adjacent to an activating group) is 1. The number of sulfonamides is 1. The summed E-state index contributed by atoms with van der Waals surface area (Å²) in [6, 6.07) is 10.5. The fourth-order valence-corrected chi connectivity index (χ4v) is 5.68. The second kappa shape index (κ2) is 10.3. The van der Waals surface area contributed by atoms with Crippen molar-refractivity contribution in [2.45, 2.75) is 30.8 Å². The maximum atomic E-state index is 13.4. The minimum absolute atomic E-state index is 0.0940. The van der Waals surface area contributed by atoms with E-state index in [0.29, 0.717) is 49.9 Å².